The van der Waals surface area contributed by atoms with E-state index >= 15 is 0 Å². The lowest BCUT2D eigenvalue weighted by Crippen LogP contribution is -2.52. The number of benzene rings is 1. The van der Waals surface area contributed by atoms with Crippen molar-refractivity contribution in [1.82, 2.24) is 20.1 Å². The number of halogens is 1. The lowest BCUT2D eigenvalue weighted by Gasteiger charge is -2.37. The van der Waals surface area contributed by atoms with Gasteiger partial charge in [-0.05, 0) is 56.0 Å². The van der Waals surface area contributed by atoms with Crippen molar-refractivity contribution in [3.63, 3.8) is 0 Å². The fraction of sp³-hybridized carbons (Fsp3) is 0.480. The Kier molecular flexibility index (Phi) is 9.77. The second kappa shape index (κ2) is 12.8. The first kappa shape index (κ1) is 25.3. The van der Waals surface area contributed by atoms with Crippen LogP contribution in [0.4, 0.5) is 5.82 Å². The van der Waals surface area contributed by atoms with Crippen molar-refractivity contribution in [1.29, 1.82) is 0 Å². The lowest BCUT2D eigenvalue weighted by atomic mass is 10.1. The van der Waals surface area contributed by atoms with Gasteiger partial charge in [0.05, 0.1) is 6.54 Å². The van der Waals surface area contributed by atoms with Gasteiger partial charge in [0, 0.05) is 57.6 Å². The molecule has 0 radical (unpaired) electrons. The molecular formula is C25H35IN6O. The average Bonchev–Trinajstić information content (AvgIpc) is 2.87. The average molecular weight is 563 g/mol. The third-order valence-electron chi connectivity index (χ3n) is 6.14. The number of aliphatic imine (C=N–C) groups is 1. The monoisotopic (exact) mass is 562 g/mol. The summed E-state index contributed by atoms with van der Waals surface area (Å²) in [7, 11) is 0. The van der Waals surface area contributed by atoms with Gasteiger partial charge in [0.1, 0.15) is 5.82 Å². The van der Waals surface area contributed by atoms with E-state index in [0.717, 1.165) is 81.6 Å². The van der Waals surface area contributed by atoms with Gasteiger partial charge in [-0.2, -0.15) is 0 Å². The number of hydrogen-bond acceptors (Lipinski definition) is 4. The molecular weight excluding hydrogens is 527 g/mol. The minimum atomic E-state index is 0. The number of aromatic nitrogens is 1. The molecule has 0 spiro atoms. The SMILES string of the molecule is CCNC(=NCc1ccc(C(=O)N2CCCCC2)cc1)N1CCN(c2ccccn2)CC1.I. The van der Waals surface area contributed by atoms with Crippen LogP contribution in [0.5, 0.6) is 0 Å². The zero-order valence-corrected chi connectivity index (χ0v) is 21.8. The largest absolute Gasteiger partial charge is 0.357 e. The number of nitrogens with one attached hydrogen (secondary N) is 1. The van der Waals surface area contributed by atoms with Crippen LogP contribution < -0.4 is 10.2 Å². The van der Waals surface area contributed by atoms with Crippen LogP contribution in [0.1, 0.15) is 42.1 Å². The summed E-state index contributed by atoms with van der Waals surface area (Å²) >= 11 is 0. The molecule has 2 aromatic rings. The first-order chi connectivity index (χ1) is 15.7. The first-order valence-corrected chi connectivity index (χ1v) is 11.8. The van der Waals surface area contributed by atoms with Gasteiger partial charge in [-0.15, -0.1) is 24.0 Å². The van der Waals surface area contributed by atoms with Crippen LogP contribution in [-0.2, 0) is 6.54 Å². The molecule has 33 heavy (non-hydrogen) atoms. The molecule has 1 N–H and O–H groups in total. The zero-order chi connectivity index (χ0) is 22.2. The molecule has 0 unspecified atom stereocenters. The van der Waals surface area contributed by atoms with Crippen molar-refractivity contribution in [2.24, 2.45) is 4.99 Å². The standard InChI is InChI=1S/C25H34N6O.HI/c1-2-26-25(31-18-16-29(17-19-31)23-8-4-5-13-27-23)28-20-21-9-11-22(12-10-21)24(32)30-14-6-3-7-15-30;/h4-5,8-13H,2-3,6-7,14-20H2,1H3,(H,26,28);1H. The molecule has 1 amide bonds. The van der Waals surface area contributed by atoms with Crippen LogP contribution in [0.25, 0.3) is 0 Å². The summed E-state index contributed by atoms with van der Waals surface area (Å²) in [5, 5.41) is 3.43. The van der Waals surface area contributed by atoms with Gasteiger partial charge >= 0.3 is 0 Å². The van der Waals surface area contributed by atoms with Gasteiger partial charge < -0.3 is 20.0 Å². The molecule has 7 nitrogen and oxygen atoms in total. The molecule has 0 bridgehead atoms. The van der Waals surface area contributed by atoms with E-state index in [-0.39, 0.29) is 29.9 Å². The molecule has 1 aromatic heterocycles. The summed E-state index contributed by atoms with van der Waals surface area (Å²) < 4.78 is 0. The number of amides is 1. The maximum atomic E-state index is 12.7. The molecule has 8 heteroatoms. The Hall–Kier alpha value is -2.36. The summed E-state index contributed by atoms with van der Waals surface area (Å²) in [5.74, 6) is 2.13. The predicted molar refractivity (Wildman–Crippen MR) is 144 cm³/mol. The fourth-order valence-corrected chi connectivity index (χ4v) is 4.31. The van der Waals surface area contributed by atoms with E-state index in [2.05, 4.69) is 33.1 Å². The Morgan fingerprint density at radius 2 is 1.67 bits per heavy atom. The summed E-state index contributed by atoms with van der Waals surface area (Å²) in [6, 6.07) is 14.0. The Bertz CT molecular complexity index is 891. The van der Waals surface area contributed by atoms with E-state index < -0.39 is 0 Å². The van der Waals surface area contributed by atoms with Crippen LogP contribution in [0.3, 0.4) is 0 Å². The molecule has 2 aliphatic heterocycles. The number of piperazine rings is 1. The quantitative estimate of drug-likeness (QED) is 0.343. The van der Waals surface area contributed by atoms with Gasteiger partial charge in [0.15, 0.2) is 5.96 Å². The number of piperidine rings is 1. The normalized spacial score (nSPS) is 16.9. The summed E-state index contributed by atoms with van der Waals surface area (Å²) in [5.41, 5.74) is 1.89. The highest BCUT2D eigenvalue weighted by Gasteiger charge is 2.21. The number of carbonyl (C=O) groups is 1. The molecule has 2 fully saturated rings. The fourth-order valence-electron chi connectivity index (χ4n) is 4.31. The molecule has 2 aliphatic rings. The third-order valence-corrected chi connectivity index (χ3v) is 6.14. The van der Waals surface area contributed by atoms with Gasteiger partial charge in [-0.25, -0.2) is 9.98 Å². The van der Waals surface area contributed by atoms with Crippen molar-refractivity contribution in [3.8, 4) is 0 Å². The van der Waals surface area contributed by atoms with Gasteiger partial charge in [-0.1, -0.05) is 18.2 Å². The van der Waals surface area contributed by atoms with Crippen LogP contribution >= 0.6 is 24.0 Å². The summed E-state index contributed by atoms with van der Waals surface area (Å²) in [6.07, 6.45) is 5.30. The Balaban J connectivity index is 0.00000306. The molecule has 1 aromatic carbocycles. The van der Waals surface area contributed by atoms with E-state index in [4.69, 9.17) is 4.99 Å². The van der Waals surface area contributed by atoms with Crippen molar-refractivity contribution < 1.29 is 4.79 Å². The lowest BCUT2D eigenvalue weighted by molar-refractivity contribution is 0.0724. The predicted octanol–water partition coefficient (Wildman–Crippen LogP) is 3.61. The second-order valence-corrected chi connectivity index (χ2v) is 8.38. The van der Waals surface area contributed by atoms with Crippen molar-refractivity contribution in [2.75, 3.05) is 50.7 Å². The van der Waals surface area contributed by atoms with Crippen molar-refractivity contribution in [2.45, 2.75) is 32.7 Å². The van der Waals surface area contributed by atoms with Crippen LogP contribution in [0.2, 0.25) is 0 Å². The second-order valence-electron chi connectivity index (χ2n) is 8.38. The third kappa shape index (κ3) is 6.82. The number of guanidine groups is 1. The van der Waals surface area contributed by atoms with Gasteiger partial charge in [0.25, 0.3) is 5.91 Å². The smallest absolute Gasteiger partial charge is 0.253 e. The maximum Gasteiger partial charge on any atom is 0.253 e. The van der Waals surface area contributed by atoms with E-state index in [9.17, 15) is 4.79 Å². The number of hydrogen-bond donors (Lipinski definition) is 1. The Labute approximate surface area is 214 Å². The van der Waals surface area contributed by atoms with E-state index in [0.29, 0.717) is 6.54 Å². The zero-order valence-electron chi connectivity index (χ0n) is 19.4. The molecule has 0 aliphatic carbocycles. The van der Waals surface area contributed by atoms with Crippen molar-refractivity contribution >= 4 is 41.7 Å². The van der Waals surface area contributed by atoms with Crippen LogP contribution in [0.15, 0.2) is 53.7 Å². The highest BCUT2D eigenvalue weighted by atomic mass is 127. The molecule has 178 valence electrons. The molecule has 0 saturated carbocycles. The Morgan fingerprint density at radius 1 is 0.939 bits per heavy atom. The number of anilines is 1. The number of nitrogens with zero attached hydrogens (tertiary/aromatic N) is 5. The highest BCUT2D eigenvalue weighted by molar-refractivity contribution is 14.0. The van der Waals surface area contributed by atoms with Crippen LogP contribution in [0, 0.1) is 0 Å². The first-order valence-electron chi connectivity index (χ1n) is 11.8. The molecule has 4 rings (SSSR count). The van der Waals surface area contributed by atoms with E-state index in [1.807, 2.05) is 47.5 Å². The van der Waals surface area contributed by atoms with E-state index in [1.54, 1.807) is 0 Å². The molecule has 0 atom stereocenters. The molecule has 3 heterocycles. The van der Waals surface area contributed by atoms with Crippen LogP contribution in [-0.4, -0.2) is 72.5 Å². The topological polar surface area (TPSA) is 64.1 Å². The summed E-state index contributed by atoms with van der Waals surface area (Å²) in [6.45, 7) is 8.96. The van der Waals surface area contributed by atoms with Gasteiger partial charge in [-0.3, -0.25) is 4.79 Å². The minimum Gasteiger partial charge on any atom is -0.357 e. The molecule has 2 saturated heterocycles. The summed E-state index contributed by atoms with van der Waals surface area (Å²) in [4.78, 5) is 28.6. The minimum absolute atomic E-state index is 0. The van der Waals surface area contributed by atoms with E-state index in [1.165, 1.54) is 6.42 Å². The Morgan fingerprint density at radius 3 is 2.30 bits per heavy atom. The highest BCUT2D eigenvalue weighted by Crippen LogP contribution is 2.15. The number of likely N-dealkylation sites (tertiary alicyclic amines) is 1. The number of rotatable bonds is 5. The number of pyridine rings is 1. The maximum absolute atomic E-state index is 12.7. The van der Waals surface area contributed by atoms with Crippen molar-refractivity contribution in [3.05, 3.63) is 59.8 Å². The number of carbonyl (C=O) groups excluding carboxylic acids is 1. The van der Waals surface area contributed by atoms with Gasteiger partial charge in [0.2, 0.25) is 0 Å².